The molecule has 43 heavy (non-hydrogen) atoms. The topological polar surface area (TPSA) is 104 Å². The van der Waals surface area contributed by atoms with Gasteiger partial charge in [-0.1, -0.05) is 79.6 Å². The van der Waals surface area contributed by atoms with E-state index in [0.717, 1.165) is 24.0 Å². The van der Waals surface area contributed by atoms with Gasteiger partial charge >= 0.3 is 0 Å². The predicted molar refractivity (Wildman–Crippen MR) is 176 cm³/mol. The summed E-state index contributed by atoms with van der Waals surface area (Å²) >= 11 is 11.1. The maximum atomic E-state index is 13.0. The van der Waals surface area contributed by atoms with E-state index >= 15 is 0 Å². The Balaban J connectivity index is 1.31. The summed E-state index contributed by atoms with van der Waals surface area (Å²) < 4.78 is 11.8. The molecule has 0 bridgehead atoms. The number of carbonyl (C=O) groups excluding carboxylic acids is 2. The lowest BCUT2D eigenvalue weighted by Gasteiger charge is -2.30. The molecule has 0 radical (unpaired) electrons. The number of ketones is 2. The van der Waals surface area contributed by atoms with Crippen LogP contribution in [0.3, 0.4) is 0 Å². The number of nitrogens with zero attached hydrogens (tertiary/aromatic N) is 6. The summed E-state index contributed by atoms with van der Waals surface area (Å²) in [6.45, 7) is 4.67. The molecule has 7 rings (SSSR count). The van der Waals surface area contributed by atoms with Crippen molar-refractivity contribution in [1.29, 1.82) is 0 Å². The van der Waals surface area contributed by atoms with Crippen LogP contribution in [-0.4, -0.2) is 57.9 Å². The molecule has 0 unspecified atom stereocenters. The van der Waals surface area contributed by atoms with E-state index in [1.165, 1.54) is 29.1 Å². The van der Waals surface area contributed by atoms with Gasteiger partial charge < -0.3 is 4.74 Å². The lowest BCUT2D eigenvalue weighted by Crippen LogP contribution is -2.31. The van der Waals surface area contributed by atoms with Gasteiger partial charge in [-0.15, -0.1) is 31.7 Å². The number of hydrogen-bond donors (Lipinski definition) is 0. The third-order valence-corrected chi connectivity index (χ3v) is 11.2. The van der Waals surface area contributed by atoms with Crippen molar-refractivity contribution in [3.63, 3.8) is 0 Å². The fraction of sp³-hybridized carbons (Fsp3) is 0.241. The zero-order chi connectivity index (χ0) is 29.9. The van der Waals surface area contributed by atoms with E-state index in [0.29, 0.717) is 45.9 Å². The molecule has 0 saturated carbocycles. The van der Waals surface area contributed by atoms with Crippen molar-refractivity contribution < 1.29 is 14.3 Å². The molecule has 0 spiro atoms. The van der Waals surface area contributed by atoms with Crippen molar-refractivity contribution in [3.05, 3.63) is 79.0 Å². The highest BCUT2D eigenvalue weighted by Gasteiger charge is 2.33. The number of fused-ring (bicyclic) bond motifs is 8. The monoisotopic (exact) mass is 756 g/mol. The lowest BCUT2D eigenvalue weighted by molar-refractivity contribution is -0.0379. The van der Waals surface area contributed by atoms with Crippen LogP contribution in [0.15, 0.2) is 67.8 Å². The standard InChI is InChI=1S/C29H22Br2N6O3S3/c1-29(2)11-19-22(12-40-29)43-25-23(19)24-32-34-27(41-13-20(38)15-3-7-17(30)8-4-15)36(24)26-33-35-28(37(25)26)42-14-21(39)16-5-9-18(31)10-6-16/h3-10H,11-14H2,1-2H3. The molecule has 0 aliphatic carbocycles. The van der Waals surface area contributed by atoms with Crippen molar-refractivity contribution in [2.45, 2.75) is 42.8 Å². The fourth-order valence-electron chi connectivity index (χ4n) is 5.01. The van der Waals surface area contributed by atoms with E-state index in [2.05, 4.69) is 66.1 Å². The summed E-state index contributed by atoms with van der Waals surface area (Å²) in [5.74, 6) is 0.909. The minimum atomic E-state index is -0.330. The molecule has 5 heterocycles. The molecular weight excluding hydrogens is 736 g/mol. The molecule has 14 heteroatoms. The van der Waals surface area contributed by atoms with Crippen molar-refractivity contribution in [3.8, 4) is 0 Å². The van der Waals surface area contributed by atoms with E-state index in [-0.39, 0.29) is 28.7 Å². The third-order valence-electron chi connectivity index (χ3n) is 7.14. The minimum absolute atomic E-state index is 0.000748. The molecule has 9 nitrogen and oxygen atoms in total. The number of carbonyl (C=O) groups is 2. The van der Waals surface area contributed by atoms with Crippen LogP contribution in [0.25, 0.3) is 21.6 Å². The molecule has 0 amide bonds. The van der Waals surface area contributed by atoms with E-state index < -0.39 is 0 Å². The number of rotatable bonds is 8. The Morgan fingerprint density at radius 1 is 0.860 bits per heavy atom. The van der Waals surface area contributed by atoms with Crippen LogP contribution in [-0.2, 0) is 17.8 Å². The van der Waals surface area contributed by atoms with Gasteiger partial charge in [-0.3, -0.25) is 9.59 Å². The molecule has 0 fully saturated rings. The second-order valence-corrected chi connectivity index (χ2v) is 15.4. The highest BCUT2D eigenvalue weighted by molar-refractivity contribution is 9.10. The molecule has 0 saturated heterocycles. The highest BCUT2D eigenvalue weighted by Crippen LogP contribution is 2.42. The average Bonchev–Trinajstić information content (AvgIpc) is 3.69. The second-order valence-electron chi connectivity index (χ2n) is 10.6. The Hall–Kier alpha value is -2.62. The van der Waals surface area contributed by atoms with Gasteiger partial charge in [0.1, 0.15) is 4.83 Å². The summed E-state index contributed by atoms with van der Waals surface area (Å²) in [5.41, 5.74) is 2.78. The number of thioether (sulfide) groups is 2. The zero-order valence-electron chi connectivity index (χ0n) is 22.8. The van der Waals surface area contributed by atoms with Gasteiger partial charge in [-0.2, -0.15) is 0 Å². The van der Waals surface area contributed by atoms with Crippen LogP contribution in [0.1, 0.15) is 45.0 Å². The van der Waals surface area contributed by atoms with E-state index in [9.17, 15) is 9.59 Å². The van der Waals surface area contributed by atoms with Gasteiger partial charge in [0, 0.05) is 31.4 Å². The normalized spacial score (nSPS) is 14.5. The second kappa shape index (κ2) is 11.4. The number of halogens is 2. The van der Waals surface area contributed by atoms with Crippen LogP contribution >= 0.6 is 66.7 Å². The third kappa shape index (κ3) is 5.46. The summed E-state index contributed by atoms with van der Waals surface area (Å²) in [7, 11) is 0. The van der Waals surface area contributed by atoms with Gasteiger partial charge in [-0.25, -0.2) is 8.80 Å². The quantitative estimate of drug-likeness (QED) is 0.117. The Kier molecular flexibility index (Phi) is 7.71. The number of thiophene rings is 1. The molecule has 0 atom stereocenters. The van der Waals surface area contributed by atoms with Crippen LogP contribution < -0.4 is 0 Å². The number of hydrogen-bond acceptors (Lipinski definition) is 10. The number of aromatic nitrogens is 6. The number of benzene rings is 2. The van der Waals surface area contributed by atoms with Crippen LogP contribution in [0, 0.1) is 0 Å². The lowest BCUT2D eigenvalue weighted by atomic mass is 9.94. The minimum Gasteiger partial charge on any atom is -0.370 e. The first-order valence-electron chi connectivity index (χ1n) is 13.2. The Bertz CT molecular complexity index is 2050. The van der Waals surface area contributed by atoms with Gasteiger partial charge in [-0.05, 0) is 43.7 Å². The molecule has 1 aliphatic heterocycles. The maximum absolute atomic E-state index is 13.0. The smallest absolute Gasteiger partial charge is 0.245 e. The summed E-state index contributed by atoms with van der Waals surface area (Å²) in [5, 5.41) is 20.3. The largest absolute Gasteiger partial charge is 0.370 e. The molecule has 218 valence electrons. The van der Waals surface area contributed by atoms with Crippen LogP contribution in [0.4, 0.5) is 0 Å². The summed E-state index contributed by atoms with van der Waals surface area (Å²) in [4.78, 5) is 28.1. The molecule has 0 N–H and O–H groups in total. The summed E-state index contributed by atoms with van der Waals surface area (Å²) in [6, 6.07) is 14.6. The van der Waals surface area contributed by atoms with Gasteiger partial charge in [0.25, 0.3) is 0 Å². The molecule has 2 aromatic carbocycles. The van der Waals surface area contributed by atoms with Gasteiger partial charge in [0.05, 0.1) is 29.1 Å². The van der Waals surface area contributed by atoms with Crippen LogP contribution in [0.5, 0.6) is 0 Å². The molecular formula is C29H22Br2N6O3S3. The molecule has 6 aromatic rings. The summed E-state index contributed by atoms with van der Waals surface area (Å²) in [6.07, 6.45) is 0.716. The van der Waals surface area contributed by atoms with Crippen LogP contribution in [0.2, 0.25) is 0 Å². The van der Waals surface area contributed by atoms with E-state index in [1.807, 2.05) is 45.2 Å². The maximum Gasteiger partial charge on any atom is 0.245 e. The van der Waals surface area contributed by atoms with Crippen molar-refractivity contribution in [1.82, 2.24) is 29.2 Å². The SMILES string of the molecule is CC1(C)Cc2c(sc3c2c2nnc(SCC(=O)c4ccc(Br)cc4)n2c2nnc(SCC(=O)c4ccc(Br)cc4)n32)CO1. The first-order chi connectivity index (χ1) is 20.7. The first-order valence-corrected chi connectivity index (χ1v) is 17.6. The number of ether oxygens (including phenoxy) is 1. The average molecular weight is 759 g/mol. The first kappa shape index (κ1) is 29.1. The Morgan fingerprint density at radius 3 is 2.02 bits per heavy atom. The van der Waals surface area contributed by atoms with Crippen molar-refractivity contribution in [2.24, 2.45) is 0 Å². The van der Waals surface area contributed by atoms with E-state index in [4.69, 9.17) is 4.74 Å². The van der Waals surface area contributed by atoms with Gasteiger partial charge in [0.2, 0.25) is 5.78 Å². The number of Topliss-reactive ketones (excluding diaryl/α,β-unsaturated/α-hetero) is 2. The van der Waals surface area contributed by atoms with Gasteiger partial charge in [0.15, 0.2) is 27.5 Å². The zero-order valence-corrected chi connectivity index (χ0v) is 28.5. The van der Waals surface area contributed by atoms with Crippen molar-refractivity contribution in [2.75, 3.05) is 11.5 Å². The van der Waals surface area contributed by atoms with Crippen molar-refractivity contribution >= 4 is 99.9 Å². The molecule has 1 aliphatic rings. The Labute approximate surface area is 275 Å². The predicted octanol–water partition coefficient (Wildman–Crippen LogP) is 7.31. The molecule has 4 aromatic heterocycles. The fourth-order valence-corrected chi connectivity index (χ4v) is 8.47. The highest BCUT2D eigenvalue weighted by atomic mass is 79.9. The Morgan fingerprint density at radius 2 is 1.42 bits per heavy atom. The van der Waals surface area contributed by atoms with E-state index in [1.54, 1.807) is 23.5 Å².